The van der Waals surface area contributed by atoms with E-state index < -0.39 is 14.4 Å². The van der Waals surface area contributed by atoms with Crippen molar-refractivity contribution in [3.8, 4) is 0 Å². The van der Waals surface area contributed by atoms with Gasteiger partial charge in [-0.2, -0.15) is 0 Å². The van der Waals surface area contributed by atoms with Crippen LogP contribution in [0.4, 0.5) is 4.79 Å². The number of benzene rings is 2. The molecule has 2 aromatic rings. The van der Waals surface area contributed by atoms with Gasteiger partial charge in [0.2, 0.25) is 0 Å². The van der Waals surface area contributed by atoms with Crippen LogP contribution in [0, 0.1) is 5.92 Å². The van der Waals surface area contributed by atoms with Gasteiger partial charge in [-0.05, 0) is 27.8 Å². The van der Waals surface area contributed by atoms with Gasteiger partial charge in [-0.15, -0.1) is 0 Å². The van der Waals surface area contributed by atoms with Crippen LogP contribution in [-0.2, 0) is 4.43 Å². The highest BCUT2D eigenvalue weighted by atomic mass is 28.4. The number of carboxylic acid groups (broad SMARTS) is 1. The van der Waals surface area contributed by atoms with E-state index in [1.165, 1.54) is 15.3 Å². The molecule has 0 aliphatic carbocycles. The van der Waals surface area contributed by atoms with Crippen molar-refractivity contribution in [1.29, 1.82) is 0 Å². The summed E-state index contributed by atoms with van der Waals surface area (Å²) in [5.74, 6) is 0.402. The molecule has 1 heterocycles. The number of likely N-dealkylation sites (tertiary alicyclic amines) is 1. The normalized spacial score (nSPS) is 15.4. The third-order valence-electron chi connectivity index (χ3n) is 5.49. The van der Waals surface area contributed by atoms with E-state index in [0.717, 1.165) is 6.42 Å². The van der Waals surface area contributed by atoms with Gasteiger partial charge in [-0.3, -0.25) is 0 Å². The number of amides is 1. The molecule has 0 radical (unpaired) electrons. The van der Waals surface area contributed by atoms with E-state index in [4.69, 9.17) is 9.53 Å². The molecule has 1 saturated heterocycles. The fraction of sp³-hybridized carbons (Fsp3) is 0.409. The molecule has 0 unspecified atom stereocenters. The summed E-state index contributed by atoms with van der Waals surface area (Å²) < 4.78 is 6.84. The maximum atomic E-state index is 11.0. The summed E-state index contributed by atoms with van der Waals surface area (Å²) in [4.78, 5) is 12.4. The van der Waals surface area contributed by atoms with E-state index in [0.29, 0.717) is 25.6 Å². The second-order valence-electron chi connectivity index (χ2n) is 8.35. The van der Waals surface area contributed by atoms with E-state index in [2.05, 4.69) is 69.3 Å². The fourth-order valence-corrected chi connectivity index (χ4v) is 8.63. The number of rotatable bonds is 6. The van der Waals surface area contributed by atoms with Crippen LogP contribution in [0.25, 0.3) is 0 Å². The average molecular weight is 384 g/mol. The Labute approximate surface area is 162 Å². The number of hydrogen-bond acceptors (Lipinski definition) is 2. The van der Waals surface area contributed by atoms with Gasteiger partial charge in [0, 0.05) is 19.7 Å². The van der Waals surface area contributed by atoms with E-state index in [9.17, 15) is 4.79 Å². The Balaban J connectivity index is 1.85. The molecular formula is C22H29NO3Si. The quantitative estimate of drug-likeness (QED) is 0.776. The highest BCUT2D eigenvalue weighted by Gasteiger charge is 2.50. The van der Waals surface area contributed by atoms with Crippen molar-refractivity contribution in [2.24, 2.45) is 5.92 Å². The molecule has 0 spiro atoms. The minimum Gasteiger partial charge on any atom is -0.465 e. The van der Waals surface area contributed by atoms with E-state index >= 15 is 0 Å². The zero-order chi connectivity index (χ0) is 19.5. The summed E-state index contributed by atoms with van der Waals surface area (Å²) in [6.07, 6.45) is 0.0769. The molecule has 2 aromatic carbocycles. The molecule has 0 saturated carbocycles. The van der Waals surface area contributed by atoms with Crippen molar-refractivity contribution in [2.45, 2.75) is 32.2 Å². The van der Waals surface area contributed by atoms with Gasteiger partial charge in [0.1, 0.15) is 0 Å². The van der Waals surface area contributed by atoms with Crippen LogP contribution in [0.2, 0.25) is 5.04 Å². The Hall–Kier alpha value is -2.11. The van der Waals surface area contributed by atoms with Gasteiger partial charge < -0.3 is 14.4 Å². The van der Waals surface area contributed by atoms with Crippen molar-refractivity contribution < 1.29 is 14.3 Å². The van der Waals surface area contributed by atoms with Crippen LogP contribution in [0.3, 0.4) is 0 Å². The van der Waals surface area contributed by atoms with E-state index in [-0.39, 0.29) is 5.04 Å². The molecule has 1 aliphatic rings. The molecule has 27 heavy (non-hydrogen) atoms. The Kier molecular flexibility index (Phi) is 5.72. The van der Waals surface area contributed by atoms with Crippen molar-refractivity contribution >= 4 is 24.8 Å². The summed E-state index contributed by atoms with van der Waals surface area (Å²) in [6.45, 7) is 8.72. The van der Waals surface area contributed by atoms with Crippen molar-refractivity contribution in [3.63, 3.8) is 0 Å². The lowest BCUT2D eigenvalue weighted by atomic mass is 9.98. The zero-order valence-electron chi connectivity index (χ0n) is 16.4. The monoisotopic (exact) mass is 383 g/mol. The summed E-state index contributed by atoms with van der Waals surface area (Å²) in [5.41, 5.74) is 0. The standard InChI is InChI=1S/C22H29NO3Si/c1-22(2,3)27(19-10-6-4-7-11-19,20-12-8-5-9-13-20)26-15-14-18-16-23(17-18)21(24)25/h4-13,18H,14-17H2,1-3H3,(H,24,25). The predicted molar refractivity (Wildman–Crippen MR) is 111 cm³/mol. The maximum Gasteiger partial charge on any atom is 0.407 e. The molecule has 1 N–H and O–H groups in total. The second-order valence-corrected chi connectivity index (χ2v) is 12.7. The Morgan fingerprint density at radius 1 is 1.04 bits per heavy atom. The Morgan fingerprint density at radius 2 is 1.52 bits per heavy atom. The molecule has 1 aliphatic heterocycles. The highest BCUT2D eigenvalue weighted by Crippen LogP contribution is 2.37. The second kappa shape index (κ2) is 7.86. The molecule has 1 amide bonds. The summed E-state index contributed by atoms with van der Waals surface area (Å²) >= 11 is 0. The first-order valence-electron chi connectivity index (χ1n) is 9.57. The van der Waals surface area contributed by atoms with Gasteiger partial charge in [0.15, 0.2) is 0 Å². The molecule has 3 rings (SSSR count). The van der Waals surface area contributed by atoms with E-state index in [1.54, 1.807) is 0 Å². The van der Waals surface area contributed by atoms with Crippen LogP contribution in [0.5, 0.6) is 0 Å². The SMILES string of the molecule is CC(C)(C)[Si](OCCC1CN(C(=O)O)C1)(c1ccccc1)c1ccccc1. The minimum atomic E-state index is -2.47. The first kappa shape index (κ1) is 19.6. The van der Waals surface area contributed by atoms with Crippen LogP contribution in [-0.4, -0.2) is 44.1 Å². The van der Waals surface area contributed by atoms with Gasteiger partial charge in [0.05, 0.1) is 0 Å². The third-order valence-corrected chi connectivity index (χ3v) is 10.5. The molecule has 1 fully saturated rings. The lowest BCUT2D eigenvalue weighted by Crippen LogP contribution is -2.66. The maximum absolute atomic E-state index is 11.0. The van der Waals surface area contributed by atoms with Gasteiger partial charge in [-0.25, -0.2) is 4.79 Å². The molecule has 0 aromatic heterocycles. The zero-order valence-corrected chi connectivity index (χ0v) is 17.4. The Morgan fingerprint density at radius 3 is 1.93 bits per heavy atom. The number of hydrogen-bond donors (Lipinski definition) is 1. The highest BCUT2D eigenvalue weighted by molar-refractivity contribution is 6.99. The van der Waals surface area contributed by atoms with Gasteiger partial charge in [0.25, 0.3) is 8.32 Å². The van der Waals surface area contributed by atoms with Gasteiger partial charge >= 0.3 is 6.09 Å². The fourth-order valence-electron chi connectivity index (χ4n) is 4.05. The van der Waals surface area contributed by atoms with Crippen molar-refractivity contribution in [2.75, 3.05) is 19.7 Å². The largest absolute Gasteiger partial charge is 0.465 e. The van der Waals surface area contributed by atoms with Crippen LogP contribution in [0.1, 0.15) is 27.2 Å². The number of carbonyl (C=O) groups is 1. The van der Waals surface area contributed by atoms with Crippen LogP contribution < -0.4 is 10.4 Å². The van der Waals surface area contributed by atoms with Crippen molar-refractivity contribution in [1.82, 2.24) is 4.90 Å². The van der Waals surface area contributed by atoms with Crippen molar-refractivity contribution in [3.05, 3.63) is 60.7 Å². The molecule has 4 nitrogen and oxygen atoms in total. The molecule has 144 valence electrons. The van der Waals surface area contributed by atoms with Crippen LogP contribution >= 0.6 is 0 Å². The number of nitrogens with zero attached hydrogens (tertiary/aromatic N) is 1. The summed E-state index contributed by atoms with van der Waals surface area (Å²) in [7, 11) is -2.47. The average Bonchev–Trinajstić information content (AvgIpc) is 2.60. The van der Waals surface area contributed by atoms with Gasteiger partial charge in [-0.1, -0.05) is 81.4 Å². The summed E-state index contributed by atoms with van der Waals surface area (Å²) in [5, 5.41) is 11.5. The lowest BCUT2D eigenvalue weighted by Gasteiger charge is -2.44. The third kappa shape index (κ3) is 3.94. The topological polar surface area (TPSA) is 49.8 Å². The minimum absolute atomic E-state index is 0.0254. The lowest BCUT2D eigenvalue weighted by molar-refractivity contribution is 0.0709. The summed E-state index contributed by atoms with van der Waals surface area (Å²) in [6, 6.07) is 21.2. The molecule has 0 bridgehead atoms. The first-order chi connectivity index (χ1) is 12.8. The molecule has 5 heteroatoms. The van der Waals surface area contributed by atoms with Crippen LogP contribution in [0.15, 0.2) is 60.7 Å². The molecular weight excluding hydrogens is 354 g/mol. The molecule has 0 atom stereocenters. The smallest absolute Gasteiger partial charge is 0.407 e. The van der Waals surface area contributed by atoms with E-state index in [1.807, 2.05) is 12.1 Å². The predicted octanol–water partition coefficient (Wildman–Crippen LogP) is 3.56. The Bertz CT molecular complexity index is 713. The first-order valence-corrected chi connectivity index (χ1v) is 11.5.